The molecule has 1 aliphatic heterocycles. The molecule has 2 heterocycles. The van der Waals surface area contributed by atoms with Crippen LogP contribution in [0, 0.1) is 13.8 Å². The molecule has 0 radical (unpaired) electrons. The van der Waals surface area contributed by atoms with Crippen molar-refractivity contribution < 1.29 is 5.11 Å². The molecule has 2 aromatic rings. The van der Waals surface area contributed by atoms with Crippen molar-refractivity contribution in [3.8, 4) is 0 Å². The van der Waals surface area contributed by atoms with Crippen LogP contribution in [0.2, 0.25) is 0 Å². The predicted molar refractivity (Wildman–Crippen MR) is 124 cm³/mol. The number of aliphatic hydroxyl groups excluding tert-OH is 1. The maximum atomic E-state index is 10.2. The molecule has 1 aliphatic rings. The molecule has 1 aromatic heterocycles. The van der Waals surface area contributed by atoms with Crippen LogP contribution < -0.4 is 4.90 Å². The Balaban J connectivity index is 1.74. The van der Waals surface area contributed by atoms with Crippen LogP contribution in [0.5, 0.6) is 0 Å². The fourth-order valence-corrected chi connectivity index (χ4v) is 4.12. The molecule has 0 spiro atoms. The van der Waals surface area contributed by atoms with E-state index >= 15 is 0 Å². The molecule has 0 bridgehead atoms. The number of β-amino-alcohol motifs (C(OH)–C–C–N with tert-alkyl or cyclic N) is 1. The highest BCUT2D eigenvalue weighted by Gasteiger charge is 2.24. The summed E-state index contributed by atoms with van der Waals surface area (Å²) in [6.45, 7) is 14.5. The predicted octanol–water partition coefficient (Wildman–Crippen LogP) is 3.70. The molecular weight excluding hydrogens is 372 g/mol. The zero-order chi connectivity index (χ0) is 21.5. The first-order chi connectivity index (χ1) is 14.5. The number of aliphatic hydroxyl groups is 1. The lowest BCUT2D eigenvalue weighted by molar-refractivity contribution is 0.103. The van der Waals surface area contributed by atoms with Crippen molar-refractivity contribution in [1.82, 2.24) is 14.9 Å². The Morgan fingerprint density at radius 3 is 2.43 bits per heavy atom. The van der Waals surface area contributed by atoms with Gasteiger partial charge < -0.3 is 10.0 Å². The second kappa shape index (κ2) is 10.7. The van der Waals surface area contributed by atoms with Gasteiger partial charge in [0, 0.05) is 50.4 Å². The number of aryl methyl sites for hydroxylation is 3. The third-order valence-corrected chi connectivity index (χ3v) is 5.86. The van der Waals surface area contributed by atoms with E-state index in [4.69, 9.17) is 9.97 Å². The minimum Gasteiger partial charge on any atom is -0.392 e. The molecule has 1 atom stereocenters. The average molecular weight is 409 g/mol. The van der Waals surface area contributed by atoms with Gasteiger partial charge in [-0.2, -0.15) is 0 Å². The van der Waals surface area contributed by atoms with Gasteiger partial charge in [0.2, 0.25) is 0 Å². The Morgan fingerprint density at radius 2 is 1.80 bits per heavy atom. The second-order valence-corrected chi connectivity index (χ2v) is 8.34. The van der Waals surface area contributed by atoms with E-state index in [-0.39, 0.29) is 6.10 Å². The van der Waals surface area contributed by atoms with Gasteiger partial charge in [-0.3, -0.25) is 4.90 Å². The largest absolute Gasteiger partial charge is 0.392 e. The standard InChI is InChI=1S/C25H36N4O/c1-5-7-8-22(30)18-28-13-15-29(16-14-28)25-23(24(6-2)26-20(4)27-25)17-21-11-9-19(3)10-12-21/h5,9-12,22,30H,1,6-8,13-18H2,2-4H3. The zero-order valence-corrected chi connectivity index (χ0v) is 18.8. The van der Waals surface area contributed by atoms with E-state index in [0.29, 0.717) is 0 Å². The van der Waals surface area contributed by atoms with Crippen molar-refractivity contribution in [2.75, 3.05) is 37.6 Å². The van der Waals surface area contributed by atoms with Gasteiger partial charge in [-0.25, -0.2) is 9.97 Å². The Kier molecular flexibility index (Phi) is 8.00. The van der Waals surface area contributed by atoms with Gasteiger partial charge in [0.05, 0.1) is 6.10 Å². The number of hydrogen-bond acceptors (Lipinski definition) is 5. The van der Waals surface area contributed by atoms with Crippen LogP contribution in [-0.4, -0.2) is 58.8 Å². The van der Waals surface area contributed by atoms with Crippen LogP contribution in [0.3, 0.4) is 0 Å². The first-order valence-corrected chi connectivity index (χ1v) is 11.2. The van der Waals surface area contributed by atoms with Crippen LogP contribution in [0.1, 0.15) is 48.0 Å². The van der Waals surface area contributed by atoms with Crippen molar-refractivity contribution in [3.63, 3.8) is 0 Å². The molecule has 0 saturated carbocycles. The molecule has 0 amide bonds. The maximum absolute atomic E-state index is 10.2. The number of anilines is 1. The number of piperazine rings is 1. The minimum absolute atomic E-state index is 0.278. The van der Waals surface area contributed by atoms with E-state index < -0.39 is 0 Å². The molecule has 1 unspecified atom stereocenters. The highest BCUT2D eigenvalue weighted by atomic mass is 16.3. The normalized spacial score (nSPS) is 15.9. The summed E-state index contributed by atoms with van der Waals surface area (Å²) in [5.74, 6) is 1.93. The summed E-state index contributed by atoms with van der Waals surface area (Å²) < 4.78 is 0. The highest BCUT2D eigenvalue weighted by Crippen LogP contribution is 2.26. The summed E-state index contributed by atoms with van der Waals surface area (Å²) in [6.07, 6.45) is 5.02. The van der Waals surface area contributed by atoms with Gasteiger partial charge >= 0.3 is 0 Å². The third kappa shape index (κ3) is 5.89. The van der Waals surface area contributed by atoms with Crippen molar-refractivity contribution in [1.29, 1.82) is 0 Å². The summed E-state index contributed by atoms with van der Waals surface area (Å²) >= 11 is 0. The molecule has 0 aliphatic carbocycles. The van der Waals surface area contributed by atoms with Gasteiger partial charge in [0.1, 0.15) is 11.6 Å². The van der Waals surface area contributed by atoms with Gasteiger partial charge in [0.15, 0.2) is 0 Å². The van der Waals surface area contributed by atoms with Crippen molar-refractivity contribution in [2.45, 2.75) is 52.6 Å². The summed E-state index contributed by atoms with van der Waals surface area (Å²) in [6, 6.07) is 8.76. The van der Waals surface area contributed by atoms with E-state index in [0.717, 1.165) is 75.7 Å². The van der Waals surface area contributed by atoms with Crippen molar-refractivity contribution in [2.24, 2.45) is 0 Å². The number of benzene rings is 1. The highest BCUT2D eigenvalue weighted by molar-refractivity contribution is 5.52. The average Bonchev–Trinajstić information content (AvgIpc) is 2.75. The van der Waals surface area contributed by atoms with Crippen LogP contribution in [0.25, 0.3) is 0 Å². The molecule has 162 valence electrons. The molecule has 5 heteroatoms. The molecule has 1 fully saturated rings. The maximum Gasteiger partial charge on any atom is 0.136 e. The van der Waals surface area contributed by atoms with E-state index in [1.165, 1.54) is 16.7 Å². The molecule has 1 saturated heterocycles. The number of hydrogen-bond donors (Lipinski definition) is 1. The van der Waals surface area contributed by atoms with E-state index in [9.17, 15) is 5.11 Å². The first kappa shape index (κ1) is 22.4. The monoisotopic (exact) mass is 408 g/mol. The van der Waals surface area contributed by atoms with Crippen LogP contribution in [0.15, 0.2) is 36.9 Å². The number of aromatic nitrogens is 2. The number of rotatable bonds is 9. The van der Waals surface area contributed by atoms with E-state index in [1.807, 2.05) is 13.0 Å². The molecule has 5 nitrogen and oxygen atoms in total. The molecule has 1 N–H and O–H groups in total. The van der Waals surface area contributed by atoms with Crippen LogP contribution in [0.4, 0.5) is 5.82 Å². The van der Waals surface area contributed by atoms with Crippen molar-refractivity contribution in [3.05, 3.63) is 65.1 Å². The fourth-order valence-electron chi connectivity index (χ4n) is 4.12. The van der Waals surface area contributed by atoms with Crippen LogP contribution in [-0.2, 0) is 12.8 Å². The van der Waals surface area contributed by atoms with Gasteiger partial charge in [-0.1, -0.05) is 42.8 Å². The Morgan fingerprint density at radius 1 is 1.10 bits per heavy atom. The quantitative estimate of drug-likeness (QED) is 0.641. The molecule has 1 aromatic carbocycles. The van der Waals surface area contributed by atoms with Gasteiger partial charge in [0.25, 0.3) is 0 Å². The van der Waals surface area contributed by atoms with Gasteiger partial charge in [-0.05, 0) is 38.7 Å². The van der Waals surface area contributed by atoms with Crippen molar-refractivity contribution >= 4 is 5.82 Å². The lowest BCUT2D eigenvalue weighted by Gasteiger charge is -2.37. The third-order valence-electron chi connectivity index (χ3n) is 5.86. The molecular formula is C25H36N4O. The Labute approximate surface area is 181 Å². The van der Waals surface area contributed by atoms with Crippen LogP contribution >= 0.6 is 0 Å². The summed E-state index contributed by atoms with van der Waals surface area (Å²) in [4.78, 5) is 14.4. The SMILES string of the molecule is C=CCCC(O)CN1CCN(c2nc(C)nc(CC)c2Cc2ccc(C)cc2)CC1. The second-order valence-electron chi connectivity index (χ2n) is 8.34. The summed E-state index contributed by atoms with van der Waals surface area (Å²) in [5.41, 5.74) is 4.99. The number of nitrogens with zero attached hydrogens (tertiary/aromatic N) is 4. The lowest BCUT2D eigenvalue weighted by Crippen LogP contribution is -2.49. The fraction of sp³-hybridized carbons (Fsp3) is 0.520. The lowest BCUT2D eigenvalue weighted by atomic mass is 10.0. The Hall–Kier alpha value is -2.24. The minimum atomic E-state index is -0.278. The number of allylic oxidation sites excluding steroid dienone is 1. The smallest absolute Gasteiger partial charge is 0.136 e. The Bertz CT molecular complexity index is 826. The van der Waals surface area contributed by atoms with E-state index in [2.05, 4.69) is 54.5 Å². The zero-order valence-electron chi connectivity index (χ0n) is 18.8. The molecule has 30 heavy (non-hydrogen) atoms. The summed E-state index contributed by atoms with van der Waals surface area (Å²) in [7, 11) is 0. The first-order valence-electron chi connectivity index (χ1n) is 11.2. The summed E-state index contributed by atoms with van der Waals surface area (Å²) in [5, 5.41) is 10.2. The van der Waals surface area contributed by atoms with E-state index in [1.54, 1.807) is 0 Å². The van der Waals surface area contributed by atoms with Gasteiger partial charge in [-0.15, -0.1) is 6.58 Å². The topological polar surface area (TPSA) is 52.5 Å². The molecule has 3 rings (SSSR count).